The van der Waals surface area contributed by atoms with Crippen LogP contribution in [0.2, 0.25) is 0 Å². The predicted molar refractivity (Wildman–Crippen MR) is 63.7 cm³/mol. The number of hydrogen-bond donors (Lipinski definition) is 1. The standard InChI is InChI=1S/C9H5BrINO2/c10-3-9(14)6-1-5(11)2-8(13)7(6)4-12/h1-2,13H,3H2. The SMILES string of the molecule is N#Cc1c(O)cc(I)cc1C(=O)CBr. The van der Waals surface area contributed by atoms with Gasteiger partial charge >= 0.3 is 0 Å². The molecule has 0 fully saturated rings. The van der Waals surface area contributed by atoms with Crippen LogP contribution in [0.3, 0.4) is 0 Å². The maximum Gasteiger partial charge on any atom is 0.174 e. The van der Waals surface area contributed by atoms with Gasteiger partial charge in [-0.3, -0.25) is 4.79 Å². The number of phenols is 1. The number of nitrogens with zero attached hydrogens (tertiary/aromatic N) is 1. The van der Waals surface area contributed by atoms with E-state index in [1.807, 2.05) is 28.7 Å². The second-order valence-corrected chi connectivity index (χ2v) is 4.32. The molecule has 0 aliphatic carbocycles. The summed E-state index contributed by atoms with van der Waals surface area (Å²) in [6.07, 6.45) is 0. The molecule has 0 heterocycles. The predicted octanol–water partition coefficient (Wildman–Crippen LogP) is 2.45. The molecule has 0 amide bonds. The molecule has 1 aromatic carbocycles. The summed E-state index contributed by atoms with van der Waals surface area (Å²) >= 11 is 5.00. The highest BCUT2D eigenvalue weighted by atomic mass is 127. The monoisotopic (exact) mass is 365 g/mol. The maximum absolute atomic E-state index is 11.4. The lowest BCUT2D eigenvalue weighted by atomic mass is 10.0. The van der Waals surface area contributed by atoms with Crippen LogP contribution in [-0.2, 0) is 0 Å². The summed E-state index contributed by atoms with van der Waals surface area (Å²) in [5.74, 6) is -0.362. The van der Waals surface area contributed by atoms with E-state index in [1.54, 1.807) is 6.07 Å². The van der Waals surface area contributed by atoms with Gasteiger partial charge in [0.15, 0.2) is 5.78 Å². The number of carbonyl (C=O) groups excluding carboxylic acids is 1. The first-order chi connectivity index (χ1) is 6.60. The number of ketones is 1. The lowest BCUT2D eigenvalue weighted by molar-refractivity contribution is 0.102. The molecule has 0 unspecified atom stereocenters. The van der Waals surface area contributed by atoms with Crippen molar-refractivity contribution < 1.29 is 9.90 Å². The zero-order valence-corrected chi connectivity index (χ0v) is 10.7. The van der Waals surface area contributed by atoms with E-state index in [2.05, 4.69) is 15.9 Å². The molecule has 0 saturated carbocycles. The Hall–Kier alpha value is -0.610. The van der Waals surface area contributed by atoms with E-state index >= 15 is 0 Å². The summed E-state index contributed by atoms with van der Waals surface area (Å²) in [4.78, 5) is 11.4. The van der Waals surface area contributed by atoms with Crippen LogP contribution in [0, 0.1) is 14.9 Å². The molecule has 14 heavy (non-hydrogen) atoms. The van der Waals surface area contributed by atoms with Crippen molar-refractivity contribution in [2.75, 3.05) is 5.33 Å². The molecule has 0 aromatic heterocycles. The normalized spacial score (nSPS) is 9.50. The van der Waals surface area contributed by atoms with Gasteiger partial charge in [0.05, 0.1) is 5.33 Å². The fraction of sp³-hybridized carbons (Fsp3) is 0.111. The average molecular weight is 366 g/mol. The zero-order valence-electron chi connectivity index (χ0n) is 6.92. The first kappa shape index (κ1) is 11.5. The molecule has 0 aliphatic rings. The van der Waals surface area contributed by atoms with Crippen molar-refractivity contribution in [2.45, 2.75) is 0 Å². The highest BCUT2D eigenvalue weighted by Gasteiger charge is 2.14. The van der Waals surface area contributed by atoms with E-state index < -0.39 is 0 Å². The van der Waals surface area contributed by atoms with Gasteiger partial charge in [-0.05, 0) is 34.7 Å². The van der Waals surface area contributed by atoms with Crippen molar-refractivity contribution in [3.05, 3.63) is 26.8 Å². The van der Waals surface area contributed by atoms with Crippen molar-refractivity contribution in [1.29, 1.82) is 5.26 Å². The van der Waals surface area contributed by atoms with E-state index in [1.165, 1.54) is 6.07 Å². The van der Waals surface area contributed by atoms with Crippen molar-refractivity contribution in [1.82, 2.24) is 0 Å². The molecule has 1 aromatic rings. The Bertz CT molecular complexity index is 426. The molecule has 0 spiro atoms. The number of nitriles is 1. The van der Waals surface area contributed by atoms with Gasteiger partial charge in [-0.15, -0.1) is 0 Å². The highest BCUT2D eigenvalue weighted by Crippen LogP contribution is 2.24. The van der Waals surface area contributed by atoms with Crippen LogP contribution in [0.15, 0.2) is 12.1 Å². The Morgan fingerprint density at radius 1 is 1.64 bits per heavy atom. The van der Waals surface area contributed by atoms with Crippen LogP contribution in [0.5, 0.6) is 5.75 Å². The average Bonchev–Trinajstić information content (AvgIpc) is 2.15. The van der Waals surface area contributed by atoms with Crippen molar-refractivity contribution >= 4 is 44.3 Å². The van der Waals surface area contributed by atoms with Crippen LogP contribution in [0.4, 0.5) is 0 Å². The molecular formula is C9H5BrINO2. The lowest BCUT2D eigenvalue weighted by Gasteiger charge is -2.03. The molecule has 3 nitrogen and oxygen atoms in total. The van der Waals surface area contributed by atoms with E-state index in [0.29, 0.717) is 0 Å². The van der Waals surface area contributed by atoms with Crippen molar-refractivity contribution in [3.8, 4) is 11.8 Å². The Morgan fingerprint density at radius 2 is 2.29 bits per heavy atom. The minimum absolute atomic E-state index is 0.0369. The van der Waals surface area contributed by atoms with Gasteiger partial charge in [0.25, 0.3) is 0 Å². The summed E-state index contributed by atoms with van der Waals surface area (Å²) in [5.41, 5.74) is 0.295. The van der Waals surface area contributed by atoms with Crippen LogP contribution in [-0.4, -0.2) is 16.2 Å². The van der Waals surface area contributed by atoms with Crippen molar-refractivity contribution in [2.24, 2.45) is 0 Å². The minimum atomic E-state index is -0.213. The summed E-state index contributed by atoms with van der Waals surface area (Å²) in [6.45, 7) is 0. The molecule has 1 rings (SSSR count). The molecular weight excluding hydrogens is 361 g/mol. The molecule has 0 saturated heterocycles. The third-order valence-electron chi connectivity index (χ3n) is 1.62. The molecule has 0 atom stereocenters. The number of phenolic OH excluding ortho intramolecular Hbond substituents is 1. The molecule has 0 radical (unpaired) electrons. The van der Waals surface area contributed by atoms with Crippen LogP contribution in [0.25, 0.3) is 0 Å². The number of halogens is 2. The van der Waals surface area contributed by atoms with Gasteiger partial charge in [0, 0.05) is 9.13 Å². The van der Waals surface area contributed by atoms with Crippen molar-refractivity contribution in [3.63, 3.8) is 0 Å². The molecule has 0 aliphatic heterocycles. The van der Waals surface area contributed by atoms with Crippen LogP contribution < -0.4 is 0 Å². The molecule has 1 N–H and O–H groups in total. The number of hydrogen-bond acceptors (Lipinski definition) is 3. The van der Waals surface area contributed by atoms with Gasteiger partial charge in [0.2, 0.25) is 0 Å². The molecule has 5 heteroatoms. The number of alkyl halides is 1. The Morgan fingerprint density at radius 3 is 2.79 bits per heavy atom. The van der Waals surface area contributed by atoms with Gasteiger partial charge < -0.3 is 5.11 Å². The summed E-state index contributed by atoms with van der Waals surface area (Å²) in [6, 6.07) is 4.85. The summed E-state index contributed by atoms with van der Waals surface area (Å²) in [5, 5.41) is 18.3. The largest absolute Gasteiger partial charge is 0.507 e. The minimum Gasteiger partial charge on any atom is -0.507 e. The number of Topliss-reactive ketones (excluding diaryl/α,β-unsaturated/α-hetero) is 1. The number of carbonyl (C=O) groups is 1. The topological polar surface area (TPSA) is 61.1 Å². The number of rotatable bonds is 2. The second-order valence-electron chi connectivity index (χ2n) is 2.52. The smallest absolute Gasteiger partial charge is 0.174 e. The summed E-state index contributed by atoms with van der Waals surface area (Å²) < 4.78 is 0.725. The Labute approximate surface area is 103 Å². The second kappa shape index (κ2) is 4.75. The van der Waals surface area contributed by atoms with Gasteiger partial charge in [-0.1, -0.05) is 15.9 Å². The van der Waals surface area contributed by atoms with E-state index in [-0.39, 0.29) is 28.0 Å². The van der Waals surface area contributed by atoms with Gasteiger partial charge in [-0.2, -0.15) is 5.26 Å². The van der Waals surface area contributed by atoms with E-state index in [4.69, 9.17) is 5.26 Å². The first-order valence-electron chi connectivity index (χ1n) is 3.62. The fourth-order valence-corrected chi connectivity index (χ4v) is 1.91. The molecule has 0 bridgehead atoms. The Balaban J connectivity index is 3.41. The van der Waals surface area contributed by atoms with E-state index in [9.17, 15) is 9.90 Å². The van der Waals surface area contributed by atoms with Crippen LogP contribution >= 0.6 is 38.5 Å². The van der Waals surface area contributed by atoms with E-state index in [0.717, 1.165) is 3.57 Å². The highest BCUT2D eigenvalue weighted by molar-refractivity contribution is 14.1. The van der Waals surface area contributed by atoms with Crippen LogP contribution in [0.1, 0.15) is 15.9 Å². The Kier molecular flexibility index (Phi) is 3.89. The van der Waals surface area contributed by atoms with Gasteiger partial charge in [0.1, 0.15) is 17.4 Å². The molecule has 72 valence electrons. The number of benzene rings is 1. The first-order valence-corrected chi connectivity index (χ1v) is 5.82. The third-order valence-corrected chi connectivity index (χ3v) is 2.75. The quantitative estimate of drug-likeness (QED) is 0.497. The fourth-order valence-electron chi connectivity index (χ4n) is 1.00. The third kappa shape index (κ3) is 2.25. The maximum atomic E-state index is 11.4. The lowest BCUT2D eigenvalue weighted by Crippen LogP contribution is -2.03. The summed E-state index contributed by atoms with van der Waals surface area (Å²) in [7, 11) is 0. The zero-order chi connectivity index (χ0) is 10.7. The van der Waals surface area contributed by atoms with Gasteiger partial charge in [-0.25, -0.2) is 0 Å². The number of aromatic hydroxyl groups is 1.